The van der Waals surface area contributed by atoms with Crippen molar-refractivity contribution in [2.75, 3.05) is 11.9 Å². The highest BCUT2D eigenvalue weighted by Crippen LogP contribution is 2.19. The lowest BCUT2D eigenvalue weighted by Gasteiger charge is -2.17. The molecule has 1 aromatic carbocycles. The Labute approximate surface area is 102 Å². The third-order valence-electron chi connectivity index (χ3n) is 2.55. The number of phenols is 1. The maximum Gasteiger partial charge on any atom is 0.226 e. The van der Waals surface area contributed by atoms with Gasteiger partial charge in [-0.2, -0.15) is 0 Å². The van der Waals surface area contributed by atoms with Crippen LogP contribution >= 0.6 is 0 Å². The van der Waals surface area contributed by atoms with Crippen LogP contribution in [-0.4, -0.2) is 18.1 Å². The van der Waals surface area contributed by atoms with Crippen molar-refractivity contribution in [3.05, 3.63) is 24.3 Å². The Kier molecular flexibility index (Phi) is 5.09. The highest BCUT2D eigenvalue weighted by Gasteiger charge is 2.10. The first-order valence-corrected chi connectivity index (χ1v) is 5.64. The predicted octanol–water partition coefficient (Wildman–Crippen LogP) is 2.55. The van der Waals surface area contributed by atoms with Gasteiger partial charge in [0.25, 0.3) is 0 Å². The predicted molar refractivity (Wildman–Crippen MR) is 68.8 cm³/mol. The molecule has 0 saturated carbocycles. The van der Waals surface area contributed by atoms with E-state index >= 15 is 0 Å². The van der Waals surface area contributed by atoms with E-state index < -0.39 is 0 Å². The summed E-state index contributed by atoms with van der Waals surface area (Å²) in [5, 5.41) is 9.33. The lowest BCUT2D eigenvalue weighted by Crippen LogP contribution is -2.25. The SMILES string of the molecule is C#CCCCCC(=O)N(C)c1cccc(O)c1. The Morgan fingerprint density at radius 1 is 1.47 bits per heavy atom. The molecule has 0 saturated heterocycles. The zero-order valence-electron chi connectivity index (χ0n) is 10.0. The van der Waals surface area contributed by atoms with Gasteiger partial charge < -0.3 is 10.0 Å². The van der Waals surface area contributed by atoms with Crippen molar-refractivity contribution >= 4 is 11.6 Å². The van der Waals surface area contributed by atoms with E-state index in [2.05, 4.69) is 5.92 Å². The molecule has 0 bridgehead atoms. The summed E-state index contributed by atoms with van der Waals surface area (Å²) < 4.78 is 0. The van der Waals surface area contributed by atoms with Gasteiger partial charge in [0.15, 0.2) is 0 Å². The van der Waals surface area contributed by atoms with Crippen molar-refractivity contribution < 1.29 is 9.90 Å². The van der Waals surface area contributed by atoms with Crippen LogP contribution in [-0.2, 0) is 4.79 Å². The molecule has 90 valence electrons. The van der Waals surface area contributed by atoms with E-state index in [9.17, 15) is 9.90 Å². The Morgan fingerprint density at radius 3 is 2.88 bits per heavy atom. The molecule has 0 aromatic heterocycles. The highest BCUT2D eigenvalue weighted by atomic mass is 16.3. The van der Waals surface area contributed by atoms with E-state index in [1.807, 2.05) is 0 Å². The lowest BCUT2D eigenvalue weighted by molar-refractivity contribution is -0.118. The second kappa shape index (κ2) is 6.59. The number of hydrogen-bond acceptors (Lipinski definition) is 2. The van der Waals surface area contributed by atoms with Crippen molar-refractivity contribution in [1.82, 2.24) is 0 Å². The van der Waals surface area contributed by atoms with E-state index in [0.717, 1.165) is 12.8 Å². The number of hydrogen-bond donors (Lipinski definition) is 1. The van der Waals surface area contributed by atoms with Crippen LogP contribution in [0, 0.1) is 12.3 Å². The molecule has 0 atom stereocenters. The molecule has 0 radical (unpaired) electrons. The topological polar surface area (TPSA) is 40.5 Å². The number of nitrogens with zero attached hydrogens (tertiary/aromatic N) is 1. The van der Waals surface area contributed by atoms with Crippen LogP contribution in [0.15, 0.2) is 24.3 Å². The average Bonchev–Trinajstić information content (AvgIpc) is 2.33. The summed E-state index contributed by atoms with van der Waals surface area (Å²) in [4.78, 5) is 13.4. The maximum atomic E-state index is 11.8. The largest absolute Gasteiger partial charge is 0.508 e. The van der Waals surface area contributed by atoms with Gasteiger partial charge in [-0.15, -0.1) is 12.3 Å². The summed E-state index contributed by atoms with van der Waals surface area (Å²) >= 11 is 0. The molecular weight excluding hydrogens is 214 g/mol. The number of rotatable bonds is 5. The summed E-state index contributed by atoms with van der Waals surface area (Å²) in [5.41, 5.74) is 0.701. The van der Waals surface area contributed by atoms with Gasteiger partial charge >= 0.3 is 0 Å². The Bertz CT molecular complexity index is 420. The zero-order valence-corrected chi connectivity index (χ0v) is 10.0. The molecule has 0 unspecified atom stereocenters. The Morgan fingerprint density at radius 2 is 2.24 bits per heavy atom. The number of terminal acetylenes is 1. The first kappa shape index (κ1) is 13.1. The van der Waals surface area contributed by atoms with Crippen LogP contribution in [0.4, 0.5) is 5.69 Å². The number of benzene rings is 1. The smallest absolute Gasteiger partial charge is 0.226 e. The molecule has 3 heteroatoms. The van der Waals surface area contributed by atoms with Gasteiger partial charge in [-0.25, -0.2) is 0 Å². The molecule has 0 aliphatic rings. The van der Waals surface area contributed by atoms with Crippen LogP contribution < -0.4 is 4.90 Å². The van der Waals surface area contributed by atoms with Crippen LogP contribution in [0.5, 0.6) is 5.75 Å². The van der Waals surface area contributed by atoms with Crippen molar-refractivity contribution in [2.45, 2.75) is 25.7 Å². The van der Waals surface area contributed by atoms with Crippen LogP contribution in [0.25, 0.3) is 0 Å². The molecule has 0 aliphatic carbocycles. The van der Waals surface area contributed by atoms with Gasteiger partial charge in [0.2, 0.25) is 5.91 Å². The van der Waals surface area contributed by atoms with E-state index in [4.69, 9.17) is 6.42 Å². The fraction of sp³-hybridized carbons (Fsp3) is 0.357. The molecular formula is C14H17NO2. The normalized spacial score (nSPS) is 9.65. The number of phenolic OH excluding ortho intramolecular Hbond substituents is 1. The Balaban J connectivity index is 2.49. The fourth-order valence-corrected chi connectivity index (χ4v) is 1.52. The van der Waals surface area contributed by atoms with Gasteiger partial charge in [-0.3, -0.25) is 4.79 Å². The molecule has 3 nitrogen and oxygen atoms in total. The molecule has 0 spiro atoms. The third kappa shape index (κ3) is 4.20. The first-order valence-electron chi connectivity index (χ1n) is 5.64. The molecule has 0 heterocycles. The molecule has 0 aliphatic heterocycles. The number of amides is 1. The van der Waals surface area contributed by atoms with Crippen LogP contribution in [0.2, 0.25) is 0 Å². The second-order valence-corrected chi connectivity index (χ2v) is 3.88. The average molecular weight is 231 g/mol. The summed E-state index contributed by atoms with van der Waals surface area (Å²) in [6, 6.07) is 6.65. The van der Waals surface area contributed by atoms with Crippen LogP contribution in [0.3, 0.4) is 0 Å². The molecule has 17 heavy (non-hydrogen) atoms. The molecule has 1 rings (SSSR count). The third-order valence-corrected chi connectivity index (χ3v) is 2.55. The van der Waals surface area contributed by atoms with Crippen LogP contribution in [0.1, 0.15) is 25.7 Å². The van der Waals surface area contributed by atoms with Gasteiger partial charge in [0, 0.05) is 31.6 Å². The van der Waals surface area contributed by atoms with Crippen molar-refractivity contribution in [3.63, 3.8) is 0 Å². The summed E-state index contributed by atoms with van der Waals surface area (Å²) in [7, 11) is 1.71. The van der Waals surface area contributed by atoms with E-state index in [1.54, 1.807) is 36.2 Å². The highest BCUT2D eigenvalue weighted by molar-refractivity contribution is 5.92. The lowest BCUT2D eigenvalue weighted by atomic mass is 10.2. The van der Waals surface area contributed by atoms with Gasteiger partial charge in [-0.05, 0) is 25.0 Å². The molecule has 1 N–H and O–H groups in total. The van der Waals surface area contributed by atoms with Crippen molar-refractivity contribution in [3.8, 4) is 18.1 Å². The van der Waals surface area contributed by atoms with E-state index in [1.165, 1.54) is 0 Å². The van der Waals surface area contributed by atoms with Crippen molar-refractivity contribution in [1.29, 1.82) is 0 Å². The molecule has 0 fully saturated rings. The van der Waals surface area contributed by atoms with E-state index in [-0.39, 0.29) is 11.7 Å². The number of carbonyl (C=O) groups excluding carboxylic acids is 1. The molecule has 1 amide bonds. The number of carbonyl (C=O) groups is 1. The van der Waals surface area contributed by atoms with Gasteiger partial charge in [0.1, 0.15) is 5.75 Å². The van der Waals surface area contributed by atoms with Gasteiger partial charge in [0.05, 0.1) is 0 Å². The van der Waals surface area contributed by atoms with E-state index in [0.29, 0.717) is 18.5 Å². The standard InChI is InChI=1S/C14H17NO2/c1-3-4-5-6-10-14(17)15(2)12-8-7-9-13(16)11-12/h1,7-9,11,16H,4-6,10H2,2H3. The summed E-state index contributed by atoms with van der Waals surface area (Å²) in [6.07, 6.45) is 8.00. The monoisotopic (exact) mass is 231 g/mol. The minimum atomic E-state index is 0.0348. The Hall–Kier alpha value is -1.95. The second-order valence-electron chi connectivity index (χ2n) is 3.88. The summed E-state index contributed by atoms with van der Waals surface area (Å²) in [6.45, 7) is 0. The number of unbranched alkanes of at least 4 members (excludes halogenated alkanes) is 2. The number of anilines is 1. The van der Waals surface area contributed by atoms with Crippen molar-refractivity contribution in [2.24, 2.45) is 0 Å². The zero-order chi connectivity index (χ0) is 12.7. The first-order chi connectivity index (χ1) is 8.15. The molecule has 1 aromatic rings. The quantitative estimate of drug-likeness (QED) is 0.625. The fourth-order valence-electron chi connectivity index (χ4n) is 1.52. The maximum absolute atomic E-state index is 11.8. The summed E-state index contributed by atoms with van der Waals surface area (Å²) in [5.74, 6) is 2.75. The minimum absolute atomic E-state index is 0.0348. The number of aromatic hydroxyl groups is 1. The minimum Gasteiger partial charge on any atom is -0.508 e. The van der Waals surface area contributed by atoms with Gasteiger partial charge in [-0.1, -0.05) is 6.07 Å².